The Kier molecular flexibility index (Phi) is 5.86. The number of fused-ring (bicyclic) bond motifs is 1. The number of carbonyl (C=O) groups excluding carboxylic acids is 1. The van der Waals surface area contributed by atoms with Crippen molar-refractivity contribution in [2.45, 2.75) is 0 Å². The third kappa shape index (κ3) is 4.08. The summed E-state index contributed by atoms with van der Waals surface area (Å²) in [4.78, 5) is 21.9. The van der Waals surface area contributed by atoms with Crippen LogP contribution < -0.4 is 4.90 Å². The third-order valence-corrected chi connectivity index (χ3v) is 7.16. The average molecular weight is 483 g/mol. The maximum absolute atomic E-state index is 14.1. The molecule has 0 radical (unpaired) electrons. The SMILES string of the molecule is O=C(c1sc(N(c2ccccc2)c2ccccc2)nc1-c1ccccc1)c1cccc2ccccc12. The predicted octanol–water partition coefficient (Wildman–Crippen LogP) is 8.66. The van der Waals surface area contributed by atoms with Crippen LogP contribution in [0.4, 0.5) is 16.5 Å². The van der Waals surface area contributed by atoms with Gasteiger partial charge < -0.3 is 0 Å². The molecule has 0 fully saturated rings. The van der Waals surface area contributed by atoms with E-state index in [1.54, 1.807) is 0 Å². The highest BCUT2D eigenvalue weighted by molar-refractivity contribution is 7.18. The Hall–Kier alpha value is -4.54. The zero-order valence-corrected chi connectivity index (χ0v) is 20.2. The summed E-state index contributed by atoms with van der Waals surface area (Å²) in [5.74, 6) is -0.0181. The van der Waals surface area contributed by atoms with Gasteiger partial charge in [-0.15, -0.1) is 0 Å². The summed E-state index contributed by atoms with van der Waals surface area (Å²) in [6.45, 7) is 0. The van der Waals surface area contributed by atoms with Crippen molar-refractivity contribution in [1.82, 2.24) is 4.98 Å². The van der Waals surface area contributed by atoms with Crippen LogP contribution in [0.25, 0.3) is 22.0 Å². The van der Waals surface area contributed by atoms with Crippen LogP contribution in [-0.4, -0.2) is 10.8 Å². The molecule has 3 nitrogen and oxygen atoms in total. The lowest BCUT2D eigenvalue weighted by Gasteiger charge is -2.22. The Morgan fingerprint density at radius 1 is 0.611 bits per heavy atom. The molecule has 0 aliphatic rings. The molecular formula is C32H22N2OS. The van der Waals surface area contributed by atoms with Crippen LogP contribution in [0.5, 0.6) is 0 Å². The van der Waals surface area contributed by atoms with Crippen molar-refractivity contribution in [1.29, 1.82) is 0 Å². The van der Waals surface area contributed by atoms with Gasteiger partial charge in [-0.1, -0.05) is 121 Å². The maximum atomic E-state index is 14.1. The van der Waals surface area contributed by atoms with E-state index in [0.29, 0.717) is 16.1 Å². The van der Waals surface area contributed by atoms with Gasteiger partial charge in [0.2, 0.25) is 5.78 Å². The first-order chi connectivity index (χ1) is 17.8. The summed E-state index contributed by atoms with van der Waals surface area (Å²) in [5.41, 5.74) is 4.28. The van der Waals surface area contributed by atoms with Crippen molar-refractivity contribution in [2.24, 2.45) is 0 Å². The van der Waals surface area contributed by atoms with Crippen molar-refractivity contribution in [3.63, 3.8) is 0 Å². The molecule has 6 rings (SSSR count). The van der Waals surface area contributed by atoms with E-state index in [1.807, 2.05) is 109 Å². The number of thiazole rings is 1. The summed E-state index contributed by atoms with van der Waals surface area (Å²) in [6.07, 6.45) is 0. The summed E-state index contributed by atoms with van der Waals surface area (Å²) >= 11 is 1.43. The van der Waals surface area contributed by atoms with Crippen molar-refractivity contribution in [3.8, 4) is 11.3 Å². The molecule has 0 saturated heterocycles. The van der Waals surface area contributed by atoms with E-state index in [9.17, 15) is 4.79 Å². The van der Waals surface area contributed by atoms with Gasteiger partial charge in [0.15, 0.2) is 5.13 Å². The van der Waals surface area contributed by atoms with E-state index in [0.717, 1.165) is 32.8 Å². The number of para-hydroxylation sites is 2. The first-order valence-electron chi connectivity index (χ1n) is 11.8. The minimum absolute atomic E-state index is 0.0181. The van der Waals surface area contributed by atoms with Gasteiger partial charge in [0.25, 0.3) is 0 Å². The van der Waals surface area contributed by atoms with Crippen LogP contribution in [0.3, 0.4) is 0 Å². The van der Waals surface area contributed by atoms with Gasteiger partial charge in [-0.05, 0) is 35.0 Å². The Morgan fingerprint density at radius 2 is 1.17 bits per heavy atom. The normalized spacial score (nSPS) is 10.9. The maximum Gasteiger partial charge on any atom is 0.205 e. The van der Waals surface area contributed by atoms with Gasteiger partial charge in [0, 0.05) is 22.5 Å². The zero-order valence-electron chi connectivity index (χ0n) is 19.4. The molecule has 0 amide bonds. The molecule has 1 heterocycles. The summed E-state index contributed by atoms with van der Waals surface area (Å²) in [6, 6.07) is 44.1. The third-order valence-electron chi connectivity index (χ3n) is 6.12. The Morgan fingerprint density at radius 3 is 1.83 bits per heavy atom. The molecule has 5 aromatic carbocycles. The molecule has 0 aliphatic carbocycles. The number of nitrogens with zero attached hydrogens (tertiary/aromatic N) is 2. The lowest BCUT2D eigenvalue weighted by molar-refractivity contribution is 0.104. The van der Waals surface area contributed by atoms with E-state index in [-0.39, 0.29) is 5.78 Å². The van der Waals surface area contributed by atoms with Gasteiger partial charge in [0.1, 0.15) is 4.88 Å². The van der Waals surface area contributed by atoms with Crippen molar-refractivity contribution in [3.05, 3.63) is 144 Å². The lowest BCUT2D eigenvalue weighted by atomic mass is 9.99. The molecule has 172 valence electrons. The number of ketones is 1. The molecule has 36 heavy (non-hydrogen) atoms. The second kappa shape index (κ2) is 9.61. The van der Waals surface area contributed by atoms with Gasteiger partial charge >= 0.3 is 0 Å². The first-order valence-corrected chi connectivity index (χ1v) is 12.6. The van der Waals surface area contributed by atoms with Gasteiger partial charge in [-0.2, -0.15) is 0 Å². The Labute approximate surface area is 213 Å². The number of aromatic nitrogens is 1. The number of hydrogen-bond donors (Lipinski definition) is 0. The van der Waals surface area contributed by atoms with E-state index in [4.69, 9.17) is 4.98 Å². The number of anilines is 3. The van der Waals surface area contributed by atoms with E-state index in [1.165, 1.54) is 11.3 Å². The molecule has 0 aliphatic heterocycles. The number of carbonyl (C=O) groups is 1. The number of benzene rings is 5. The van der Waals surface area contributed by atoms with Crippen LogP contribution in [0.2, 0.25) is 0 Å². The fourth-order valence-electron chi connectivity index (χ4n) is 4.42. The Bertz CT molecular complexity index is 1600. The van der Waals surface area contributed by atoms with Crippen LogP contribution in [0.15, 0.2) is 133 Å². The molecular weight excluding hydrogens is 460 g/mol. The second-order valence-electron chi connectivity index (χ2n) is 8.40. The van der Waals surface area contributed by atoms with Gasteiger partial charge in [-0.3, -0.25) is 9.69 Å². The molecule has 1 aromatic heterocycles. The van der Waals surface area contributed by atoms with Crippen molar-refractivity contribution < 1.29 is 4.79 Å². The fraction of sp³-hybridized carbons (Fsp3) is 0. The highest BCUT2D eigenvalue weighted by Crippen LogP contribution is 2.41. The largest absolute Gasteiger partial charge is 0.288 e. The average Bonchev–Trinajstić information content (AvgIpc) is 3.39. The van der Waals surface area contributed by atoms with Crippen molar-refractivity contribution in [2.75, 3.05) is 4.90 Å². The lowest BCUT2D eigenvalue weighted by Crippen LogP contribution is -2.09. The molecule has 0 bridgehead atoms. The topological polar surface area (TPSA) is 33.2 Å². The standard InChI is InChI=1S/C32H22N2OS/c35-30(28-22-12-16-23-13-10-11-21-27(23)28)31-29(24-14-4-1-5-15-24)33-32(36-31)34(25-17-6-2-7-18-25)26-19-8-3-9-20-26/h1-22H. The molecule has 0 atom stereocenters. The summed E-state index contributed by atoms with van der Waals surface area (Å²) in [5, 5.41) is 2.74. The second-order valence-corrected chi connectivity index (χ2v) is 9.38. The molecule has 0 saturated carbocycles. The number of rotatable bonds is 6. The molecule has 0 unspecified atom stereocenters. The van der Waals surface area contributed by atoms with Crippen LogP contribution in [0.1, 0.15) is 15.2 Å². The summed E-state index contributed by atoms with van der Waals surface area (Å²) in [7, 11) is 0. The van der Waals surface area contributed by atoms with Crippen LogP contribution in [-0.2, 0) is 0 Å². The minimum atomic E-state index is -0.0181. The van der Waals surface area contributed by atoms with Gasteiger partial charge in [-0.25, -0.2) is 4.98 Å². The highest BCUT2D eigenvalue weighted by Gasteiger charge is 2.25. The highest BCUT2D eigenvalue weighted by atomic mass is 32.1. The molecule has 0 spiro atoms. The van der Waals surface area contributed by atoms with E-state index in [2.05, 4.69) is 29.2 Å². The minimum Gasteiger partial charge on any atom is -0.288 e. The van der Waals surface area contributed by atoms with Crippen LogP contribution in [0, 0.1) is 0 Å². The molecule has 0 N–H and O–H groups in total. The summed E-state index contributed by atoms with van der Waals surface area (Å²) < 4.78 is 0. The first kappa shape index (κ1) is 22.0. The van der Waals surface area contributed by atoms with Crippen molar-refractivity contribution >= 4 is 44.4 Å². The molecule has 6 aromatic rings. The monoisotopic (exact) mass is 482 g/mol. The Balaban J connectivity index is 1.56. The van der Waals surface area contributed by atoms with Gasteiger partial charge in [0.05, 0.1) is 5.69 Å². The smallest absolute Gasteiger partial charge is 0.205 e. The van der Waals surface area contributed by atoms with E-state index < -0.39 is 0 Å². The molecule has 4 heteroatoms. The number of hydrogen-bond acceptors (Lipinski definition) is 4. The quantitative estimate of drug-likeness (QED) is 0.223. The van der Waals surface area contributed by atoms with Crippen LogP contribution >= 0.6 is 11.3 Å². The zero-order chi connectivity index (χ0) is 24.3. The predicted molar refractivity (Wildman–Crippen MR) is 150 cm³/mol. The fourth-order valence-corrected chi connectivity index (χ4v) is 5.50. The van der Waals surface area contributed by atoms with E-state index >= 15 is 0 Å².